The SMILES string of the molecule is CN(C(=O)CNC(=O)C1CC(Cl)=C(Cl)S1)c1ccccc1. The van der Waals surface area contributed by atoms with E-state index in [4.69, 9.17) is 23.2 Å². The first-order valence-corrected chi connectivity index (χ1v) is 7.92. The second-order valence-corrected chi connectivity index (χ2v) is 6.77. The highest BCUT2D eigenvalue weighted by molar-refractivity contribution is 8.06. The number of carbonyl (C=O) groups excluding carboxylic acids is 2. The van der Waals surface area contributed by atoms with Crippen molar-refractivity contribution >= 4 is 52.5 Å². The number of carbonyl (C=O) groups is 2. The maximum Gasteiger partial charge on any atom is 0.246 e. The molecule has 1 aromatic rings. The van der Waals surface area contributed by atoms with Crippen LogP contribution in [0.4, 0.5) is 5.69 Å². The van der Waals surface area contributed by atoms with Crippen LogP contribution < -0.4 is 10.2 Å². The van der Waals surface area contributed by atoms with E-state index in [1.54, 1.807) is 7.05 Å². The van der Waals surface area contributed by atoms with Gasteiger partial charge in [0.15, 0.2) is 0 Å². The molecule has 7 heteroatoms. The molecule has 1 N–H and O–H groups in total. The van der Waals surface area contributed by atoms with Crippen molar-refractivity contribution in [2.45, 2.75) is 11.7 Å². The molecule has 1 aromatic carbocycles. The van der Waals surface area contributed by atoms with Gasteiger partial charge >= 0.3 is 0 Å². The summed E-state index contributed by atoms with van der Waals surface area (Å²) in [5.74, 6) is -0.425. The van der Waals surface area contributed by atoms with Gasteiger partial charge in [0.1, 0.15) is 0 Å². The Morgan fingerprint density at radius 3 is 2.57 bits per heavy atom. The van der Waals surface area contributed by atoms with Crippen molar-refractivity contribution in [2.24, 2.45) is 0 Å². The Hall–Kier alpha value is -1.17. The summed E-state index contributed by atoms with van der Waals surface area (Å²) in [5.41, 5.74) is 0.778. The zero-order valence-electron chi connectivity index (χ0n) is 11.3. The minimum Gasteiger partial charge on any atom is -0.346 e. The molecule has 2 rings (SSSR count). The standard InChI is InChI=1S/C14H14Cl2N2O2S/c1-18(9-5-3-2-4-6-9)12(19)8-17-14(20)11-7-10(15)13(16)21-11/h2-6,11H,7-8H2,1H3,(H,17,20). The lowest BCUT2D eigenvalue weighted by molar-refractivity contribution is -0.124. The lowest BCUT2D eigenvalue weighted by atomic mass is 10.2. The van der Waals surface area contributed by atoms with E-state index in [9.17, 15) is 9.59 Å². The second-order valence-electron chi connectivity index (χ2n) is 4.50. The first-order chi connectivity index (χ1) is 9.99. The zero-order chi connectivity index (χ0) is 15.4. The third-order valence-corrected chi connectivity index (χ3v) is 5.21. The average Bonchev–Trinajstić information content (AvgIpc) is 2.84. The van der Waals surface area contributed by atoms with Crippen molar-refractivity contribution in [3.63, 3.8) is 0 Å². The molecule has 1 heterocycles. The molecule has 112 valence electrons. The summed E-state index contributed by atoms with van der Waals surface area (Å²) < 4.78 is 0.449. The van der Waals surface area contributed by atoms with Gasteiger partial charge in [-0.05, 0) is 12.1 Å². The summed E-state index contributed by atoms with van der Waals surface area (Å²) in [5, 5.41) is 2.75. The highest BCUT2D eigenvalue weighted by Crippen LogP contribution is 2.41. The molecule has 0 aromatic heterocycles. The third-order valence-electron chi connectivity index (χ3n) is 3.05. The Morgan fingerprint density at radius 1 is 1.33 bits per heavy atom. The molecule has 0 saturated carbocycles. The number of thioether (sulfide) groups is 1. The van der Waals surface area contributed by atoms with E-state index in [0.29, 0.717) is 15.8 Å². The molecule has 0 bridgehead atoms. The normalized spacial score (nSPS) is 17.8. The van der Waals surface area contributed by atoms with Crippen LogP contribution >= 0.6 is 35.0 Å². The Labute approximate surface area is 137 Å². The van der Waals surface area contributed by atoms with Gasteiger partial charge in [0.25, 0.3) is 0 Å². The van der Waals surface area contributed by atoms with Crippen LogP contribution in [-0.2, 0) is 9.59 Å². The molecular formula is C14H14Cl2N2O2S. The number of anilines is 1. The van der Waals surface area contributed by atoms with E-state index in [2.05, 4.69) is 5.32 Å². The molecule has 1 unspecified atom stereocenters. The van der Waals surface area contributed by atoms with E-state index in [1.807, 2.05) is 30.3 Å². The van der Waals surface area contributed by atoms with Gasteiger partial charge in [0.2, 0.25) is 11.8 Å². The first kappa shape index (κ1) is 16.2. The number of benzene rings is 1. The first-order valence-electron chi connectivity index (χ1n) is 6.29. The molecule has 4 nitrogen and oxygen atoms in total. The highest BCUT2D eigenvalue weighted by Gasteiger charge is 2.29. The Bertz CT molecular complexity index is 564. The number of allylic oxidation sites excluding steroid dienone is 1. The fraction of sp³-hybridized carbons (Fsp3) is 0.286. The molecule has 21 heavy (non-hydrogen) atoms. The van der Waals surface area contributed by atoms with Crippen LogP contribution in [0.5, 0.6) is 0 Å². The zero-order valence-corrected chi connectivity index (χ0v) is 13.6. The van der Waals surface area contributed by atoms with E-state index < -0.39 is 0 Å². The van der Waals surface area contributed by atoms with Crippen molar-refractivity contribution in [3.05, 3.63) is 39.7 Å². The number of halogens is 2. The number of nitrogens with one attached hydrogen (secondary N) is 1. The fourth-order valence-electron chi connectivity index (χ4n) is 1.81. The number of likely N-dealkylation sites (N-methyl/N-ethyl adjacent to an activating group) is 1. The summed E-state index contributed by atoms with van der Waals surface area (Å²) in [7, 11) is 1.67. The third kappa shape index (κ3) is 4.15. The van der Waals surface area contributed by atoms with Crippen molar-refractivity contribution in [1.29, 1.82) is 0 Å². The largest absolute Gasteiger partial charge is 0.346 e. The lowest BCUT2D eigenvalue weighted by Gasteiger charge is -2.18. The minimum atomic E-state index is -0.361. The topological polar surface area (TPSA) is 49.4 Å². The van der Waals surface area contributed by atoms with E-state index in [1.165, 1.54) is 16.7 Å². The Kier molecular flexibility index (Phi) is 5.56. The summed E-state index contributed by atoms with van der Waals surface area (Å²) in [6.07, 6.45) is 0.402. The van der Waals surface area contributed by atoms with Crippen LogP contribution in [0.1, 0.15) is 6.42 Å². The number of para-hydroxylation sites is 1. The molecular weight excluding hydrogens is 331 g/mol. The number of hydrogen-bond donors (Lipinski definition) is 1. The van der Waals surface area contributed by atoms with Gasteiger partial charge in [-0.3, -0.25) is 9.59 Å². The number of rotatable bonds is 4. The number of amides is 2. The Balaban J connectivity index is 1.83. The van der Waals surface area contributed by atoms with Crippen LogP contribution in [0.3, 0.4) is 0 Å². The Morgan fingerprint density at radius 2 is 2.00 bits per heavy atom. The molecule has 1 atom stereocenters. The number of nitrogens with zero attached hydrogens (tertiary/aromatic N) is 1. The molecule has 0 aliphatic carbocycles. The monoisotopic (exact) mass is 344 g/mol. The molecule has 2 amide bonds. The predicted molar refractivity (Wildman–Crippen MR) is 87.6 cm³/mol. The van der Waals surface area contributed by atoms with Crippen LogP contribution in [0.15, 0.2) is 39.7 Å². The van der Waals surface area contributed by atoms with Crippen molar-refractivity contribution in [2.75, 3.05) is 18.5 Å². The lowest BCUT2D eigenvalue weighted by Crippen LogP contribution is -2.41. The predicted octanol–water partition coefficient (Wildman–Crippen LogP) is 2.92. The van der Waals surface area contributed by atoms with Crippen molar-refractivity contribution in [1.82, 2.24) is 5.32 Å². The molecule has 1 aliphatic rings. The van der Waals surface area contributed by atoms with Crippen LogP contribution in [0.25, 0.3) is 0 Å². The summed E-state index contributed by atoms with van der Waals surface area (Å²) in [6, 6.07) is 9.23. The van der Waals surface area contributed by atoms with Crippen LogP contribution in [0, 0.1) is 0 Å². The summed E-state index contributed by atoms with van der Waals surface area (Å²) in [6.45, 7) is -0.0590. The van der Waals surface area contributed by atoms with Crippen molar-refractivity contribution < 1.29 is 9.59 Å². The quantitative estimate of drug-likeness (QED) is 0.913. The van der Waals surface area contributed by atoms with Crippen LogP contribution in [-0.4, -0.2) is 30.7 Å². The van der Waals surface area contributed by atoms with Gasteiger partial charge < -0.3 is 10.2 Å². The van der Waals surface area contributed by atoms with Gasteiger partial charge in [-0.25, -0.2) is 0 Å². The van der Waals surface area contributed by atoms with Gasteiger partial charge in [0, 0.05) is 24.2 Å². The maximum atomic E-state index is 12.0. The van der Waals surface area contributed by atoms with Gasteiger partial charge in [0.05, 0.1) is 16.2 Å². The summed E-state index contributed by atoms with van der Waals surface area (Å²) in [4.78, 5) is 25.5. The highest BCUT2D eigenvalue weighted by atomic mass is 35.5. The van der Waals surface area contributed by atoms with Gasteiger partial charge in [-0.2, -0.15) is 0 Å². The summed E-state index contributed by atoms with van der Waals surface area (Å²) >= 11 is 12.9. The van der Waals surface area contributed by atoms with Gasteiger partial charge in [-0.1, -0.05) is 53.2 Å². The number of hydrogen-bond acceptors (Lipinski definition) is 3. The molecule has 0 radical (unpaired) electrons. The maximum absolute atomic E-state index is 12.0. The van der Waals surface area contributed by atoms with Crippen LogP contribution in [0.2, 0.25) is 0 Å². The van der Waals surface area contributed by atoms with E-state index in [0.717, 1.165) is 5.69 Å². The smallest absolute Gasteiger partial charge is 0.246 e. The molecule has 1 aliphatic heterocycles. The fourth-order valence-corrected chi connectivity index (χ4v) is 3.49. The molecule has 0 saturated heterocycles. The second kappa shape index (κ2) is 7.20. The van der Waals surface area contributed by atoms with Gasteiger partial charge in [-0.15, -0.1) is 0 Å². The van der Waals surface area contributed by atoms with Crippen molar-refractivity contribution in [3.8, 4) is 0 Å². The molecule has 0 spiro atoms. The molecule has 0 fully saturated rings. The van der Waals surface area contributed by atoms with E-state index in [-0.39, 0.29) is 23.6 Å². The van der Waals surface area contributed by atoms with E-state index >= 15 is 0 Å². The minimum absolute atomic E-state index is 0.0590. The average molecular weight is 345 g/mol.